The normalized spacial score (nSPS) is 20.6. The Hall–Kier alpha value is -1.58. The van der Waals surface area contributed by atoms with E-state index >= 15 is 0 Å². The summed E-state index contributed by atoms with van der Waals surface area (Å²) in [5.41, 5.74) is 3.76. The van der Waals surface area contributed by atoms with Gasteiger partial charge in [-0.1, -0.05) is 61.5 Å². The van der Waals surface area contributed by atoms with Gasteiger partial charge in [-0.05, 0) is 34.8 Å². The number of Topliss-reactive ketones (excluding diaryl/α,β-unsaturated/α-hetero) is 1. The predicted octanol–water partition coefficient (Wildman–Crippen LogP) is 5.00. The Kier molecular flexibility index (Phi) is 5.75. The first kappa shape index (κ1) is 17.2. The summed E-state index contributed by atoms with van der Waals surface area (Å²) in [7, 11) is 1.62. The monoisotopic (exact) mass is 340 g/mol. The van der Waals surface area contributed by atoms with Crippen LogP contribution in [0.25, 0.3) is 0 Å². The van der Waals surface area contributed by atoms with Crippen LogP contribution in [0.15, 0.2) is 54.6 Å². The third kappa shape index (κ3) is 3.57. The first-order chi connectivity index (χ1) is 11.7. The van der Waals surface area contributed by atoms with Crippen molar-refractivity contribution in [3.05, 3.63) is 71.3 Å². The quantitative estimate of drug-likeness (QED) is 0.709. The molecule has 3 rings (SSSR count). The van der Waals surface area contributed by atoms with Crippen LogP contribution in [0.1, 0.15) is 41.4 Å². The molecule has 1 aliphatic rings. The largest absolute Gasteiger partial charge is 0.369 e. The highest BCUT2D eigenvalue weighted by molar-refractivity contribution is 7.99. The summed E-state index contributed by atoms with van der Waals surface area (Å²) < 4.78 is 5.52. The van der Waals surface area contributed by atoms with Gasteiger partial charge in [-0.3, -0.25) is 4.79 Å². The fourth-order valence-corrected chi connectivity index (χ4v) is 4.91. The minimum atomic E-state index is -0.456. The zero-order chi connectivity index (χ0) is 16.9. The maximum atomic E-state index is 12.9. The molecule has 2 nitrogen and oxygen atoms in total. The van der Waals surface area contributed by atoms with E-state index in [1.54, 1.807) is 7.11 Å². The average molecular weight is 340 g/mol. The lowest BCUT2D eigenvalue weighted by Gasteiger charge is -2.22. The lowest BCUT2D eigenvalue weighted by molar-refractivity contribution is -0.130. The third-order valence-corrected chi connectivity index (χ3v) is 6.04. The van der Waals surface area contributed by atoms with Crippen molar-refractivity contribution in [1.29, 1.82) is 0 Å². The lowest BCUT2D eigenvalue weighted by atomic mass is 9.94. The van der Waals surface area contributed by atoms with Gasteiger partial charge in [0.05, 0.1) is 0 Å². The van der Waals surface area contributed by atoms with E-state index in [4.69, 9.17) is 4.74 Å². The summed E-state index contributed by atoms with van der Waals surface area (Å²) in [4.78, 5) is 12.9. The van der Waals surface area contributed by atoms with Crippen LogP contribution in [-0.2, 0) is 16.0 Å². The molecule has 0 radical (unpaired) electrons. The Morgan fingerprint density at radius 1 is 1.17 bits per heavy atom. The van der Waals surface area contributed by atoms with Crippen molar-refractivity contribution < 1.29 is 9.53 Å². The molecule has 0 bridgehead atoms. The second-order valence-electron chi connectivity index (χ2n) is 6.24. The number of hydrogen-bond donors (Lipinski definition) is 0. The summed E-state index contributed by atoms with van der Waals surface area (Å²) >= 11 is 1.95. The molecular weight excluding hydrogens is 316 g/mol. The summed E-state index contributed by atoms with van der Waals surface area (Å²) in [5, 5.41) is 0.420. The van der Waals surface area contributed by atoms with Crippen molar-refractivity contribution in [1.82, 2.24) is 0 Å². The number of thioether (sulfide) groups is 1. The van der Waals surface area contributed by atoms with E-state index in [2.05, 4.69) is 31.2 Å². The molecule has 3 heteroatoms. The Morgan fingerprint density at radius 3 is 2.58 bits per heavy atom. The predicted molar refractivity (Wildman–Crippen MR) is 100 cm³/mol. The van der Waals surface area contributed by atoms with Gasteiger partial charge in [-0.15, -0.1) is 0 Å². The second kappa shape index (κ2) is 8.00. The highest BCUT2D eigenvalue weighted by Crippen LogP contribution is 2.47. The molecule has 0 fully saturated rings. The zero-order valence-electron chi connectivity index (χ0n) is 14.3. The maximum absolute atomic E-state index is 12.9. The number of ketones is 1. The van der Waals surface area contributed by atoms with Crippen LogP contribution >= 0.6 is 11.8 Å². The minimum Gasteiger partial charge on any atom is -0.369 e. The molecule has 0 aliphatic heterocycles. The molecule has 0 saturated heterocycles. The number of ether oxygens (including phenoxy) is 1. The first-order valence-corrected chi connectivity index (χ1v) is 9.59. The van der Waals surface area contributed by atoms with Gasteiger partial charge in [0, 0.05) is 18.8 Å². The number of carbonyl (C=O) groups is 1. The van der Waals surface area contributed by atoms with Crippen molar-refractivity contribution in [2.45, 2.75) is 31.1 Å². The molecule has 0 spiro atoms. The van der Waals surface area contributed by atoms with Gasteiger partial charge in [0.25, 0.3) is 0 Å². The fourth-order valence-electron chi connectivity index (χ4n) is 3.67. The van der Waals surface area contributed by atoms with Crippen LogP contribution in [0.2, 0.25) is 0 Å². The van der Waals surface area contributed by atoms with Gasteiger partial charge in [-0.25, -0.2) is 0 Å². The van der Waals surface area contributed by atoms with Crippen LogP contribution in [0.4, 0.5) is 0 Å². The smallest absolute Gasteiger partial charge is 0.166 e. The van der Waals surface area contributed by atoms with Gasteiger partial charge < -0.3 is 4.74 Å². The summed E-state index contributed by atoms with van der Waals surface area (Å²) in [6.45, 7) is 2.19. The molecule has 0 aromatic heterocycles. The van der Waals surface area contributed by atoms with E-state index in [0.29, 0.717) is 17.6 Å². The van der Waals surface area contributed by atoms with Crippen molar-refractivity contribution in [3.63, 3.8) is 0 Å². The van der Waals surface area contributed by atoms with Crippen LogP contribution in [0.5, 0.6) is 0 Å². The summed E-state index contributed by atoms with van der Waals surface area (Å²) in [6, 6.07) is 18.4. The molecule has 2 aromatic carbocycles. The van der Waals surface area contributed by atoms with E-state index in [9.17, 15) is 4.79 Å². The molecule has 0 amide bonds. The van der Waals surface area contributed by atoms with Crippen molar-refractivity contribution >= 4 is 17.5 Å². The van der Waals surface area contributed by atoms with Crippen LogP contribution in [0, 0.1) is 5.92 Å². The Labute approximate surface area is 148 Å². The lowest BCUT2D eigenvalue weighted by Crippen LogP contribution is -2.19. The second-order valence-corrected chi connectivity index (χ2v) is 7.65. The fraction of sp³-hybridized carbons (Fsp3) is 0.381. The topological polar surface area (TPSA) is 26.3 Å². The SMILES string of the molecule is CCSC1c2ccccc2CC1CC(=O)[C@@H](OC)c1ccccc1. The number of hydrogen-bond acceptors (Lipinski definition) is 3. The Balaban J connectivity index is 1.76. The number of methoxy groups -OCH3 is 1. The van der Waals surface area contributed by atoms with Gasteiger partial charge >= 0.3 is 0 Å². The van der Waals surface area contributed by atoms with Crippen LogP contribution in [0.3, 0.4) is 0 Å². The standard InChI is InChI=1S/C21H24O2S/c1-3-24-21-17(13-16-11-7-8-12-18(16)21)14-19(22)20(23-2)15-9-5-4-6-10-15/h4-12,17,20-21H,3,13-14H2,1-2H3/t17?,20-,21?/m0/s1. The van der Waals surface area contributed by atoms with E-state index in [-0.39, 0.29) is 5.78 Å². The number of rotatable bonds is 7. The van der Waals surface area contributed by atoms with Crippen LogP contribution < -0.4 is 0 Å². The molecule has 2 unspecified atom stereocenters. The molecule has 126 valence electrons. The highest BCUT2D eigenvalue weighted by atomic mass is 32.2. The molecular formula is C21H24O2S. The molecule has 0 N–H and O–H groups in total. The molecule has 3 atom stereocenters. The molecule has 1 aliphatic carbocycles. The van der Waals surface area contributed by atoms with Gasteiger partial charge in [0.2, 0.25) is 0 Å². The minimum absolute atomic E-state index is 0.184. The van der Waals surface area contributed by atoms with E-state index in [1.165, 1.54) is 11.1 Å². The van der Waals surface area contributed by atoms with Crippen molar-refractivity contribution in [2.24, 2.45) is 5.92 Å². The molecule has 0 heterocycles. The highest BCUT2D eigenvalue weighted by Gasteiger charge is 2.35. The zero-order valence-corrected chi connectivity index (χ0v) is 15.1. The molecule has 24 heavy (non-hydrogen) atoms. The van der Waals surface area contributed by atoms with E-state index in [0.717, 1.165) is 17.7 Å². The summed E-state index contributed by atoms with van der Waals surface area (Å²) in [6.07, 6.45) is 1.10. The van der Waals surface area contributed by atoms with Crippen LogP contribution in [-0.4, -0.2) is 18.6 Å². The molecule has 0 saturated carbocycles. The van der Waals surface area contributed by atoms with E-state index in [1.807, 2.05) is 42.1 Å². The van der Waals surface area contributed by atoms with Crippen molar-refractivity contribution in [3.8, 4) is 0 Å². The summed E-state index contributed by atoms with van der Waals surface area (Å²) in [5.74, 6) is 1.61. The third-order valence-electron chi connectivity index (χ3n) is 4.71. The Morgan fingerprint density at radius 2 is 1.88 bits per heavy atom. The molecule has 2 aromatic rings. The van der Waals surface area contributed by atoms with Crippen molar-refractivity contribution in [2.75, 3.05) is 12.9 Å². The Bertz CT molecular complexity index is 683. The first-order valence-electron chi connectivity index (χ1n) is 8.54. The van der Waals surface area contributed by atoms with Gasteiger partial charge in [0.15, 0.2) is 5.78 Å². The van der Waals surface area contributed by atoms with Gasteiger partial charge in [-0.2, -0.15) is 11.8 Å². The number of carbonyl (C=O) groups excluding carboxylic acids is 1. The number of fused-ring (bicyclic) bond motifs is 1. The number of benzene rings is 2. The van der Waals surface area contributed by atoms with Gasteiger partial charge in [0.1, 0.15) is 6.10 Å². The van der Waals surface area contributed by atoms with E-state index < -0.39 is 6.10 Å². The average Bonchev–Trinajstić information content (AvgIpc) is 2.94. The maximum Gasteiger partial charge on any atom is 0.166 e.